The normalized spacial score (nSPS) is 16.9. The maximum absolute atomic E-state index is 14.3. The van der Waals surface area contributed by atoms with E-state index in [9.17, 15) is 4.39 Å². The average Bonchev–Trinajstić information content (AvgIpc) is 3.14. The van der Waals surface area contributed by atoms with Gasteiger partial charge in [-0.3, -0.25) is 0 Å². The minimum absolute atomic E-state index is 0.0422. The summed E-state index contributed by atoms with van der Waals surface area (Å²) in [6.45, 7) is 2.70. The van der Waals surface area contributed by atoms with Gasteiger partial charge in [0.2, 0.25) is 0 Å². The van der Waals surface area contributed by atoms with E-state index in [0.29, 0.717) is 40.7 Å². The predicted octanol–water partition coefficient (Wildman–Crippen LogP) is 4.51. The largest absolute Gasteiger partial charge is 0.493 e. The molecule has 8 heteroatoms. The summed E-state index contributed by atoms with van der Waals surface area (Å²) in [6.07, 6.45) is 2.53. The maximum Gasteiger partial charge on any atom is 0.165 e. The van der Waals surface area contributed by atoms with Gasteiger partial charge in [-0.2, -0.15) is 0 Å². The van der Waals surface area contributed by atoms with E-state index in [1.807, 2.05) is 6.07 Å². The molecular formula is C21H22ClFN4O2. The van der Waals surface area contributed by atoms with Crippen LogP contribution >= 0.6 is 11.6 Å². The first-order valence-corrected chi connectivity index (χ1v) is 9.78. The lowest BCUT2D eigenvalue weighted by Gasteiger charge is -2.16. The van der Waals surface area contributed by atoms with Crippen LogP contribution in [0.3, 0.4) is 0 Å². The summed E-state index contributed by atoms with van der Waals surface area (Å²) in [5.74, 6) is 1.62. The van der Waals surface area contributed by atoms with Crippen molar-refractivity contribution in [3.05, 3.63) is 47.5 Å². The molecule has 0 radical (unpaired) electrons. The molecule has 1 N–H and O–H groups in total. The Hall–Kier alpha value is -2.64. The molecule has 152 valence electrons. The van der Waals surface area contributed by atoms with Gasteiger partial charge in [0, 0.05) is 23.9 Å². The van der Waals surface area contributed by atoms with Crippen molar-refractivity contribution in [2.75, 3.05) is 39.2 Å². The zero-order chi connectivity index (χ0) is 20.4. The highest BCUT2D eigenvalue weighted by Gasteiger charge is 2.21. The first-order chi connectivity index (χ1) is 14.0. The van der Waals surface area contributed by atoms with Crippen LogP contribution in [0.25, 0.3) is 10.9 Å². The van der Waals surface area contributed by atoms with E-state index in [2.05, 4.69) is 27.2 Å². The first-order valence-electron chi connectivity index (χ1n) is 9.40. The van der Waals surface area contributed by atoms with Crippen molar-refractivity contribution in [3.63, 3.8) is 0 Å². The molecule has 1 atom stereocenters. The van der Waals surface area contributed by atoms with Crippen LogP contribution in [0, 0.1) is 11.7 Å². The number of nitrogens with zero attached hydrogens (tertiary/aromatic N) is 3. The molecule has 1 fully saturated rings. The SMILES string of the molecule is COc1cc2ncnc(Nc3cccc(Cl)c3F)c2cc1OC[C@@H]1CCN(C)C1. The molecule has 6 nitrogen and oxygen atoms in total. The Morgan fingerprint density at radius 1 is 1.28 bits per heavy atom. The second-order valence-corrected chi connectivity index (χ2v) is 7.60. The summed E-state index contributed by atoms with van der Waals surface area (Å²) in [4.78, 5) is 10.9. The number of benzene rings is 2. The summed E-state index contributed by atoms with van der Waals surface area (Å²) in [5, 5.41) is 3.75. The van der Waals surface area contributed by atoms with Gasteiger partial charge in [0.05, 0.1) is 29.9 Å². The Morgan fingerprint density at radius 3 is 2.90 bits per heavy atom. The van der Waals surface area contributed by atoms with Gasteiger partial charge in [-0.05, 0) is 38.2 Å². The molecule has 0 amide bonds. The topological polar surface area (TPSA) is 59.5 Å². The lowest BCUT2D eigenvalue weighted by molar-refractivity contribution is 0.239. The standard InChI is InChI=1S/C21H22ClFN4O2/c1-27-7-6-13(10-27)11-29-19-8-14-17(9-18(19)28-2)24-12-25-21(14)26-16-5-3-4-15(22)20(16)23/h3-5,8-9,12-13H,6-7,10-11H2,1-2H3,(H,24,25,26)/t13-/m1/s1. The number of fused-ring (bicyclic) bond motifs is 1. The first kappa shape index (κ1) is 19.7. The Bertz CT molecular complexity index is 1030. The van der Waals surface area contributed by atoms with E-state index in [4.69, 9.17) is 21.1 Å². The van der Waals surface area contributed by atoms with Crippen LogP contribution in [0.5, 0.6) is 11.5 Å². The van der Waals surface area contributed by atoms with Crippen LogP contribution < -0.4 is 14.8 Å². The van der Waals surface area contributed by atoms with Crippen LogP contribution in [0.1, 0.15) is 6.42 Å². The molecule has 3 aromatic rings. The molecule has 4 rings (SSSR count). The van der Waals surface area contributed by atoms with Crippen molar-refractivity contribution in [1.82, 2.24) is 14.9 Å². The summed E-state index contributed by atoms with van der Waals surface area (Å²) in [7, 11) is 3.71. The molecule has 0 bridgehead atoms. The predicted molar refractivity (Wildman–Crippen MR) is 112 cm³/mol. The Kier molecular flexibility index (Phi) is 5.69. The van der Waals surface area contributed by atoms with Gasteiger partial charge in [0.25, 0.3) is 0 Å². The number of rotatable bonds is 6. The van der Waals surface area contributed by atoms with Crippen molar-refractivity contribution in [2.24, 2.45) is 5.92 Å². The zero-order valence-electron chi connectivity index (χ0n) is 16.3. The molecule has 0 saturated carbocycles. The van der Waals surface area contributed by atoms with Crippen LogP contribution in [-0.4, -0.2) is 48.7 Å². The lowest BCUT2D eigenvalue weighted by Crippen LogP contribution is -2.18. The van der Waals surface area contributed by atoms with Crippen molar-refractivity contribution in [1.29, 1.82) is 0 Å². The summed E-state index contributed by atoms with van der Waals surface area (Å²) < 4.78 is 25.9. The fourth-order valence-corrected chi connectivity index (χ4v) is 3.71. The smallest absolute Gasteiger partial charge is 0.165 e. The van der Waals surface area contributed by atoms with E-state index in [1.54, 1.807) is 25.3 Å². The van der Waals surface area contributed by atoms with E-state index in [1.165, 1.54) is 12.4 Å². The molecule has 0 unspecified atom stereocenters. The molecule has 1 aliphatic rings. The Morgan fingerprint density at radius 2 is 2.14 bits per heavy atom. The molecule has 1 aliphatic heterocycles. The molecule has 2 heterocycles. The molecule has 2 aromatic carbocycles. The number of halogens is 2. The number of hydrogen-bond acceptors (Lipinski definition) is 6. The lowest BCUT2D eigenvalue weighted by atomic mass is 10.1. The summed E-state index contributed by atoms with van der Waals surface area (Å²) in [6, 6.07) is 8.40. The number of hydrogen-bond donors (Lipinski definition) is 1. The number of nitrogens with one attached hydrogen (secondary N) is 1. The van der Waals surface area contributed by atoms with Gasteiger partial charge >= 0.3 is 0 Å². The van der Waals surface area contributed by atoms with E-state index in [-0.39, 0.29) is 10.7 Å². The third kappa shape index (κ3) is 4.21. The summed E-state index contributed by atoms with van der Waals surface area (Å²) >= 11 is 5.89. The Labute approximate surface area is 173 Å². The molecule has 0 spiro atoms. The quantitative estimate of drug-likeness (QED) is 0.638. The van der Waals surface area contributed by atoms with Crippen molar-refractivity contribution in [2.45, 2.75) is 6.42 Å². The number of aromatic nitrogens is 2. The second-order valence-electron chi connectivity index (χ2n) is 7.20. The molecule has 29 heavy (non-hydrogen) atoms. The van der Waals surface area contributed by atoms with Gasteiger partial charge < -0.3 is 19.7 Å². The molecule has 1 saturated heterocycles. The highest BCUT2D eigenvalue weighted by molar-refractivity contribution is 6.31. The van der Waals surface area contributed by atoms with Gasteiger partial charge in [-0.15, -0.1) is 0 Å². The van der Waals surface area contributed by atoms with E-state index < -0.39 is 5.82 Å². The second kappa shape index (κ2) is 8.39. The van der Waals surface area contributed by atoms with Crippen LogP contribution in [0.2, 0.25) is 5.02 Å². The molecule has 0 aliphatic carbocycles. The summed E-state index contributed by atoms with van der Waals surface area (Å²) in [5.41, 5.74) is 0.902. The maximum atomic E-state index is 14.3. The average molecular weight is 417 g/mol. The zero-order valence-corrected chi connectivity index (χ0v) is 17.0. The van der Waals surface area contributed by atoms with Crippen LogP contribution in [-0.2, 0) is 0 Å². The number of methoxy groups -OCH3 is 1. The van der Waals surface area contributed by atoms with Crippen LogP contribution in [0.15, 0.2) is 36.7 Å². The highest BCUT2D eigenvalue weighted by Crippen LogP contribution is 2.36. The number of ether oxygens (including phenoxy) is 2. The fraction of sp³-hybridized carbons (Fsp3) is 0.333. The fourth-order valence-electron chi connectivity index (χ4n) is 3.53. The third-order valence-corrected chi connectivity index (χ3v) is 5.38. The minimum atomic E-state index is -0.531. The molecule has 1 aromatic heterocycles. The Balaban J connectivity index is 1.66. The third-order valence-electron chi connectivity index (χ3n) is 5.09. The number of likely N-dealkylation sites (tertiary alicyclic amines) is 1. The van der Waals surface area contributed by atoms with E-state index >= 15 is 0 Å². The van der Waals surface area contributed by atoms with Crippen molar-refractivity contribution in [3.8, 4) is 11.5 Å². The monoisotopic (exact) mass is 416 g/mol. The van der Waals surface area contributed by atoms with E-state index in [0.717, 1.165) is 19.5 Å². The van der Waals surface area contributed by atoms with Crippen molar-refractivity contribution < 1.29 is 13.9 Å². The number of anilines is 2. The van der Waals surface area contributed by atoms with Gasteiger partial charge in [-0.1, -0.05) is 17.7 Å². The van der Waals surface area contributed by atoms with Crippen molar-refractivity contribution >= 4 is 34.0 Å². The molecular weight excluding hydrogens is 395 g/mol. The van der Waals surface area contributed by atoms with Crippen LogP contribution in [0.4, 0.5) is 15.9 Å². The minimum Gasteiger partial charge on any atom is -0.493 e. The highest BCUT2D eigenvalue weighted by atomic mass is 35.5. The van der Waals surface area contributed by atoms with Gasteiger partial charge in [0.1, 0.15) is 12.1 Å². The van der Waals surface area contributed by atoms with Gasteiger partial charge in [-0.25, -0.2) is 14.4 Å². The van der Waals surface area contributed by atoms with Gasteiger partial charge in [0.15, 0.2) is 17.3 Å².